The number of halogens is 1. The Morgan fingerprint density at radius 2 is 2.23 bits per heavy atom. The summed E-state index contributed by atoms with van der Waals surface area (Å²) >= 11 is 10.8. The lowest BCUT2D eigenvalue weighted by atomic mass is 10.1. The van der Waals surface area contributed by atoms with Gasteiger partial charge in [-0.15, -0.1) is 0 Å². The third-order valence-corrected chi connectivity index (χ3v) is 2.12. The largest absolute Gasteiger partial charge is 0.286 e. The Hall–Kier alpha value is -1.11. The summed E-state index contributed by atoms with van der Waals surface area (Å²) in [6.07, 6.45) is 2.28. The highest BCUT2D eigenvalue weighted by molar-refractivity contribution is 7.80. The Labute approximate surface area is 87.1 Å². The first kappa shape index (κ1) is 9.97. The molecule has 4 heteroatoms. The molecule has 0 spiro atoms. The minimum Gasteiger partial charge on any atom is -0.286 e. The smallest absolute Gasteiger partial charge is 0.181 e. The maximum Gasteiger partial charge on any atom is 0.181 e. The van der Waals surface area contributed by atoms with E-state index < -0.39 is 0 Å². The van der Waals surface area contributed by atoms with E-state index >= 15 is 0 Å². The number of rotatable bonds is 2. The fourth-order valence-electron chi connectivity index (χ4n) is 0.921. The van der Waals surface area contributed by atoms with Gasteiger partial charge in [0.2, 0.25) is 0 Å². The highest BCUT2D eigenvalue weighted by Crippen LogP contribution is 2.15. The highest BCUT2D eigenvalue weighted by Gasteiger charge is 2.01. The van der Waals surface area contributed by atoms with Crippen LogP contribution in [0.1, 0.15) is 5.56 Å². The van der Waals surface area contributed by atoms with E-state index in [1.807, 2.05) is 18.2 Å². The van der Waals surface area contributed by atoms with Crippen LogP contribution in [0.15, 0.2) is 24.3 Å². The van der Waals surface area contributed by atoms with E-state index in [0.717, 1.165) is 5.56 Å². The molecule has 0 saturated heterocycles. The van der Waals surface area contributed by atoms with Crippen molar-refractivity contribution in [3.05, 3.63) is 34.9 Å². The summed E-state index contributed by atoms with van der Waals surface area (Å²) in [4.78, 5) is 0.482. The predicted molar refractivity (Wildman–Crippen MR) is 56.5 cm³/mol. The van der Waals surface area contributed by atoms with Crippen molar-refractivity contribution >= 4 is 28.8 Å². The second-order valence-corrected chi connectivity index (χ2v) is 3.33. The first-order valence-corrected chi connectivity index (χ1v) is 4.44. The minimum atomic E-state index is 0.482. The van der Waals surface area contributed by atoms with Crippen LogP contribution in [-0.2, 0) is 6.42 Å². The summed E-state index contributed by atoms with van der Waals surface area (Å²) in [5, 5.41) is 11.4. The van der Waals surface area contributed by atoms with Gasteiger partial charge in [0.25, 0.3) is 0 Å². The molecule has 0 aliphatic carbocycles. The molecule has 2 nitrogen and oxygen atoms in total. The monoisotopic (exact) mass is 210 g/mol. The zero-order chi connectivity index (χ0) is 9.68. The molecule has 1 aromatic carbocycles. The van der Waals surface area contributed by atoms with Crippen molar-refractivity contribution in [1.29, 1.82) is 5.26 Å². The Bertz CT molecular complexity index is 357. The molecule has 0 heterocycles. The van der Waals surface area contributed by atoms with Crippen LogP contribution in [0.4, 0.5) is 0 Å². The van der Waals surface area contributed by atoms with E-state index in [4.69, 9.17) is 29.1 Å². The molecular weight excluding hydrogens is 204 g/mol. The fourth-order valence-corrected chi connectivity index (χ4v) is 1.32. The van der Waals surface area contributed by atoms with Crippen LogP contribution in [0, 0.1) is 11.5 Å². The minimum absolute atomic E-state index is 0.482. The molecule has 0 unspecified atom stereocenters. The number of nitrogens with one attached hydrogen (secondary N) is 1. The number of hydrogen-bond donors (Lipinski definition) is 1. The summed E-state index contributed by atoms with van der Waals surface area (Å²) in [6, 6.07) is 7.42. The molecule has 0 fully saturated rings. The van der Waals surface area contributed by atoms with Gasteiger partial charge in [-0.1, -0.05) is 42.0 Å². The molecule has 0 atom stereocenters. The van der Waals surface area contributed by atoms with Gasteiger partial charge < -0.3 is 0 Å². The van der Waals surface area contributed by atoms with E-state index in [2.05, 4.69) is 5.32 Å². The number of hydrogen-bond acceptors (Lipinski definition) is 2. The van der Waals surface area contributed by atoms with E-state index in [9.17, 15) is 0 Å². The summed E-state index contributed by atoms with van der Waals surface area (Å²) in [7, 11) is 0. The average molecular weight is 211 g/mol. The van der Waals surface area contributed by atoms with Gasteiger partial charge in [0.15, 0.2) is 6.19 Å². The first-order valence-electron chi connectivity index (χ1n) is 3.65. The molecule has 13 heavy (non-hydrogen) atoms. The van der Waals surface area contributed by atoms with Gasteiger partial charge in [0.1, 0.15) is 0 Å². The molecular formula is C9H7ClN2S. The normalized spacial score (nSPS) is 8.92. The SMILES string of the molecule is N#CNC(=S)Cc1ccccc1Cl. The third-order valence-electron chi connectivity index (χ3n) is 1.50. The zero-order valence-electron chi connectivity index (χ0n) is 6.75. The van der Waals surface area contributed by atoms with Crippen molar-refractivity contribution in [2.45, 2.75) is 6.42 Å². The van der Waals surface area contributed by atoms with Gasteiger partial charge in [-0.2, -0.15) is 5.26 Å². The number of nitrogens with zero attached hydrogens (tertiary/aromatic N) is 1. The van der Waals surface area contributed by atoms with Gasteiger partial charge >= 0.3 is 0 Å². The zero-order valence-corrected chi connectivity index (χ0v) is 8.32. The fraction of sp³-hybridized carbons (Fsp3) is 0.111. The Morgan fingerprint density at radius 3 is 2.85 bits per heavy atom. The average Bonchev–Trinajstić information content (AvgIpc) is 2.09. The number of nitriles is 1. The molecule has 0 aliphatic rings. The quantitative estimate of drug-likeness (QED) is 0.462. The van der Waals surface area contributed by atoms with Gasteiger partial charge in [0, 0.05) is 11.4 Å². The van der Waals surface area contributed by atoms with Crippen LogP contribution in [0.5, 0.6) is 0 Å². The van der Waals surface area contributed by atoms with Crippen molar-refractivity contribution in [3.63, 3.8) is 0 Å². The third kappa shape index (κ3) is 3.02. The van der Waals surface area contributed by atoms with E-state index in [-0.39, 0.29) is 0 Å². The molecule has 0 bridgehead atoms. The maximum atomic E-state index is 8.30. The topological polar surface area (TPSA) is 35.8 Å². The molecule has 1 N–H and O–H groups in total. The number of benzene rings is 1. The summed E-state index contributed by atoms with van der Waals surface area (Å²) in [5.74, 6) is 0. The summed E-state index contributed by atoms with van der Waals surface area (Å²) < 4.78 is 0. The predicted octanol–water partition coefficient (Wildman–Crippen LogP) is 2.28. The molecule has 0 aromatic heterocycles. The van der Waals surface area contributed by atoms with Gasteiger partial charge in [-0.25, -0.2) is 0 Å². The molecule has 0 radical (unpaired) electrons. The van der Waals surface area contributed by atoms with Crippen LogP contribution in [0.25, 0.3) is 0 Å². The Balaban J connectivity index is 2.70. The standard InChI is InChI=1S/C9H7ClN2S/c10-8-4-2-1-3-7(8)5-9(13)12-6-11/h1-4H,5H2,(H,12,13). The van der Waals surface area contributed by atoms with Crippen molar-refractivity contribution in [1.82, 2.24) is 5.32 Å². The first-order chi connectivity index (χ1) is 6.24. The summed E-state index contributed by atoms with van der Waals surface area (Å²) in [6.45, 7) is 0. The Morgan fingerprint density at radius 1 is 1.54 bits per heavy atom. The summed E-state index contributed by atoms with van der Waals surface area (Å²) in [5.41, 5.74) is 0.928. The molecule has 1 aromatic rings. The van der Waals surface area contributed by atoms with Gasteiger partial charge in [0.05, 0.1) is 4.99 Å². The van der Waals surface area contributed by atoms with Gasteiger partial charge in [-0.05, 0) is 11.6 Å². The second kappa shape index (κ2) is 4.80. The van der Waals surface area contributed by atoms with Crippen molar-refractivity contribution in [2.24, 2.45) is 0 Å². The lowest BCUT2D eigenvalue weighted by Crippen LogP contribution is -2.17. The molecule has 1 rings (SSSR count). The van der Waals surface area contributed by atoms with Crippen LogP contribution < -0.4 is 5.32 Å². The van der Waals surface area contributed by atoms with Crippen LogP contribution in [0.3, 0.4) is 0 Å². The Kier molecular flexibility index (Phi) is 3.69. The molecule has 0 aliphatic heterocycles. The van der Waals surface area contributed by atoms with Gasteiger partial charge in [-0.3, -0.25) is 5.32 Å². The lowest BCUT2D eigenvalue weighted by molar-refractivity contribution is 1.21. The highest BCUT2D eigenvalue weighted by atomic mass is 35.5. The van der Waals surface area contributed by atoms with Crippen LogP contribution in [0.2, 0.25) is 5.02 Å². The van der Waals surface area contributed by atoms with E-state index in [1.54, 1.807) is 12.3 Å². The maximum absolute atomic E-state index is 8.30. The van der Waals surface area contributed by atoms with Crippen molar-refractivity contribution < 1.29 is 0 Å². The van der Waals surface area contributed by atoms with Crippen LogP contribution >= 0.6 is 23.8 Å². The molecule has 0 saturated carbocycles. The second-order valence-electron chi connectivity index (χ2n) is 2.43. The van der Waals surface area contributed by atoms with E-state index in [0.29, 0.717) is 16.4 Å². The molecule has 66 valence electrons. The van der Waals surface area contributed by atoms with Crippen molar-refractivity contribution in [2.75, 3.05) is 0 Å². The number of thiocarbonyl (C=S) groups is 1. The lowest BCUT2D eigenvalue weighted by Gasteiger charge is -2.02. The van der Waals surface area contributed by atoms with Crippen LogP contribution in [-0.4, -0.2) is 4.99 Å². The van der Waals surface area contributed by atoms with Crippen molar-refractivity contribution in [3.8, 4) is 6.19 Å². The van der Waals surface area contributed by atoms with E-state index in [1.165, 1.54) is 0 Å². The molecule has 0 amide bonds.